The van der Waals surface area contributed by atoms with Crippen LogP contribution in [0, 0.1) is 0 Å². The zero-order chi connectivity index (χ0) is 21.7. The molecule has 1 saturated heterocycles. The molecule has 2 unspecified atom stereocenters. The normalized spacial score (nSPS) is 23.5. The largest absolute Gasteiger partial charge is 0.333 e. The summed E-state index contributed by atoms with van der Waals surface area (Å²) in [5.74, 6) is 0.264. The van der Waals surface area contributed by atoms with Crippen molar-refractivity contribution in [1.82, 2.24) is 9.80 Å². The Morgan fingerprint density at radius 1 is 1.06 bits per heavy atom. The average Bonchev–Trinajstić information content (AvgIpc) is 3.24. The van der Waals surface area contributed by atoms with Gasteiger partial charge in [0.15, 0.2) is 5.11 Å². The second kappa shape index (κ2) is 7.50. The number of amides is 1. The molecule has 2 aliphatic heterocycles. The Morgan fingerprint density at radius 2 is 1.81 bits per heavy atom. The topological polar surface area (TPSA) is 26.8 Å². The van der Waals surface area contributed by atoms with E-state index < -0.39 is 0 Å². The monoisotopic (exact) mass is 427 g/mol. The molecule has 1 amide bonds. The highest BCUT2D eigenvalue weighted by atomic mass is 32.1. The predicted molar refractivity (Wildman–Crippen MR) is 130 cm³/mol. The lowest BCUT2D eigenvalue weighted by molar-refractivity contribution is -0.122. The van der Waals surface area contributed by atoms with Gasteiger partial charge in [0.25, 0.3) is 5.91 Å². The van der Waals surface area contributed by atoms with Crippen molar-refractivity contribution in [1.29, 1.82) is 0 Å². The maximum atomic E-state index is 13.0. The highest BCUT2D eigenvalue weighted by molar-refractivity contribution is 7.80. The van der Waals surface area contributed by atoms with E-state index >= 15 is 0 Å². The quantitative estimate of drug-likeness (QED) is 0.495. The summed E-state index contributed by atoms with van der Waals surface area (Å²) in [5, 5.41) is 0.568. The molecule has 0 radical (unpaired) electrons. The zero-order valence-corrected chi connectivity index (χ0v) is 18.8. The Kier molecular flexibility index (Phi) is 4.78. The standard InChI is InChI=1S/C26H25N3OS/c1-4-28-25(30)24(27(3)26(28)31)17(2)18-14-15-23-21(16-18)20-12-8-9-13-22(20)29(23)19-10-6-5-7-11-19/h5-16,20,22H,4H2,1-3H3/b24-17+. The molecule has 5 heteroatoms. The highest BCUT2D eigenvalue weighted by Crippen LogP contribution is 2.48. The number of nitrogens with zero attached hydrogens (tertiary/aromatic N) is 3. The van der Waals surface area contributed by atoms with Crippen molar-refractivity contribution >= 4 is 40.2 Å². The Balaban J connectivity index is 1.62. The van der Waals surface area contributed by atoms with E-state index in [0.717, 1.165) is 11.1 Å². The van der Waals surface area contributed by atoms with Crippen molar-refractivity contribution in [3.63, 3.8) is 0 Å². The molecule has 1 aliphatic carbocycles. The number of thiocarbonyl (C=S) groups is 1. The fraction of sp³-hybridized carbons (Fsp3) is 0.231. The molecule has 2 atom stereocenters. The number of anilines is 2. The lowest BCUT2D eigenvalue weighted by atomic mass is 9.89. The molecular formula is C26H25N3OS. The van der Waals surface area contributed by atoms with Crippen LogP contribution in [0.1, 0.15) is 30.9 Å². The van der Waals surface area contributed by atoms with Gasteiger partial charge in [0.2, 0.25) is 0 Å². The van der Waals surface area contributed by atoms with Crippen LogP contribution in [-0.2, 0) is 4.79 Å². The third-order valence-corrected chi connectivity index (χ3v) is 6.98. The third-order valence-electron chi connectivity index (χ3n) is 6.49. The molecule has 0 N–H and O–H groups in total. The van der Waals surface area contributed by atoms with E-state index in [-0.39, 0.29) is 17.9 Å². The van der Waals surface area contributed by atoms with Gasteiger partial charge in [-0.3, -0.25) is 9.69 Å². The minimum Gasteiger partial charge on any atom is -0.333 e. The SMILES string of the molecule is CCN1C(=O)/C(=C(/C)c2ccc3c(c2)C2C=CC=CC2N3c2ccccc2)N(C)C1=S. The third kappa shape index (κ3) is 2.95. The summed E-state index contributed by atoms with van der Waals surface area (Å²) < 4.78 is 0. The molecular weight excluding hydrogens is 402 g/mol. The first kappa shape index (κ1) is 19.8. The predicted octanol–water partition coefficient (Wildman–Crippen LogP) is 5.23. The summed E-state index contributed by atoms with van der Waals surface area (Å²) in [6.45, 7) is 4.55. The number of para-hydroxylation sites is 1. The molecule has 4 nitrogen and oxygen atoms in total. The van der Waals surface area contributed by atoms with Crippen molar-refractivity contribution in [2.24, 2.45) is 0 Å². The van der Waals surface area contributed by atoms with Crippen LogP contribution in [0.2, 0.25) is 0 Å². The first-order valence-corrected chi connectivity index (χ1v) is 11.1. The van der Waals surface area contributed by atoms with Gasteiger partial charge >= 0.3 is 0 Å². The molecule has 1 fully saturated rings. The number of likely N-dealkylation sites (N-methyl/N-ethyl adjacent to an activating group) is 2. The van der Waals surface area contributed by atoms with Gasteiger partial charge in [-0.15, -0.1) is 0 Å². The fourth-order valence-electron chi connectivity index (χ4n) is 4.93. The Labute approximate surface area is 188 Å². The molecule has 5 rings (SSSR count). The number of hydrogen-bond donors (Lipinski definition) is 0. The minimum atomic E-state index is -0.0164. The van der Waals surface area contributed by atoms with Crippen molar-refractivity contribution in [2.75, 3.05) is 18.5 Å². The minimum absolute atomic E-state index is 0.0164. The summed E-state index contributed by atoms with van der Waals surface area (Å²) in [4.78, 5) is 18.9. The second-order valence-electron chi connectivity index (χ2n) is 8.13. The Bertz CT molecular complexity index is 1160. The number of benzene rings is 2. The van der Waals surface area contributed by atoms with Crippen LogP contribution < -0.4 is 4.90 Å². The molecule has 0 spiro atoms. The summed E-state index contributed by atoms with van der Waals surface area (Å²) in [6.07, 6.45) is 8.81. The summed E-state index contributed by atoms with van der Waals surface area (Å²) in [6, 6.07) is 17.3. The molecule has 3 aliphatic rings. The molecule has 0 saturated carbocycles. The van der Waals surface area contributed by atoms with Crippen LogP contribution in [0.15, 0.2) is 78.5 Å². The van der Waals surface area contributed by atoms with Crippen molar-refractivity contribution in [3.05, 3.63) is 89.7 Å². The van der Waals surface area contributed by atoms with Gasteiger partial charge in [-0.2, -0.15) is 0 Å². The van der Waals surface area contributed by atoms with E-state index in [9.17, 15) is 4.79 Å². The molecule has 31 heavy (non-hydrogen) atoms. The maximum Gasteiger partial charge on any atom is 0.277 e. The van der Waals surface area contributed by atoms with E-state index in [1.165, 1.54) is 16.9 Å². The lowest BCUT2D eigenvalue weighted by Crippen LogP contribution is -2.30. The van der Waals surface area contributed by atoms with Gasteiger partial charge in [0.1, 0.15) is 5.70 Å². The van der Waals surface area contributed by atoms with Crippen LogP contribution in [0.25, 0.3) is 5.57 Å². The summed E-state index contributed by atoms with van der Waals surface area (Å²) >= 11 is 5.48. The first-order valence-electron chi connectivity index (χ1n) is 10.7. The highest BCUT2D eigenvalue weighted by Gasteiger charge is 2.39. The number of rotatable bonds is 3. The smallest absolute Gasteiger partial charge is 0.277 e. The number of carbonyl (C=O) groups excluding carboxylic acids is 1. The van der Waals surface area contributed by atoms with Gasteiger partial charge in [0, 0.05) is 30.9 Å². The molecule has 2 aromatic rings. The zero-order valence-electron chi connectivity index (χ0n) is 17.9. The van der Waals surface area contributed by atoms with Crippen molar-refractivity contribution in [2.45, 2.75) is 25.8 Å². The van der Waals surface area contributed by atoms with Crippen LogP contribution in [0.5, 0.6) is 0 Å². The van der Waals surface area contributed by atoms with E-state index in [1.807, 2.05) is 31.9 Å². The maximum absolute atomic E-state index is 13.0. The number of allylic oxidation sites excluding steroid dienone is 3. The van der Waals surface area contributed by atoms with Crippen LogP contribution in [-0.4, -0.2) is 40.5 Å². The van der Waals surface area contributed by atoms with Crippen LogP contribution >= 0.6 is 12.2 Å². The van der Waals surface area contributed by atoms with Gasteiger partial charge in [0.05, 0.1) is 6.04 Å². The van der Waals surface area contributed by atoms with E-state index in [2.05, 4.69) is 71.7 Å². The molecule has 0 bridgehead atoms. The van der Waals surface area contributed by atoms with E-state index in [1.54, 1.807) is 4.90 Å². The Morgan fingerprint density at radius 3 is 2.52 bits per heavy atom. The van der Waals surface area contributed by atoms with Crippen LogP contribution in [0.4, 0.5) is 11.4 Å². The van der Waals surface area contributed by atoms with Gasteiger partial charge in [-0.25, -0.2) is 0 Å². The molecule has 2 aromatic carbocycles. The number of hydrogen-bond acceptors (Lipinski definition) is 3. The van der Waals surface area contributed by atoms with Crippen molar-refractivity contribution < 1.29 is 4.79 Å². The van der Waals surface area contributed by atoms with Crippen molar-refractivity contribution in [3.8, 4) is 0 Å². The van der Waals surface area contributed by atoms with Gasteiger partial charge < -0.3 is 9.80 Å². The fourth-order valence-corrected chi connectivity index (χ4v) is 5.23. The average molecular weight is 428 g/mol. The Hall–Kier alpha value is -3.18. The lowest BCUT2D eigenvalue weighted by Gasteiger charge is -2.28. The number of fused-ring (bicyclic) bond motifs is 3. The molecule has 0 aromatic heterocycles. The molecule has 156 valence electrons. The number of carbonyl (C=O) groups is 1. The van der Waals surface area contributed by atoms with E-state index in [0.29, 0.717) is 17.4 Å². The summed E-state index contributed by atoms with van der Waals surface area (Å²) in [7, 11) is 1.88. The van der Waals surface area contributed by atoms with Crippen LogP contribution in [0.3, 0.4) is 0 Å². The van der Waals surface area contributed by atoms with Gasteiger partial charge in [-0.1, -0.05) is 48.6 Å². The van der Waals surface area contributed by atoms with Gasteiger partial charge in [-0.05, 0) is 67.0 Å². The molecule has 2 heterocycles. The second-order valence-corrected chi connectivity index (χ2v) is 8.50. The first-order chi connectivity index (χ1) is 15.0. The van der Waals surface area contributed by atoms with E-state index in [4.69, 9.17) is 12.2 Å². The summed E-state index contributed by atoms with van der Waals surface area (Å²) in [5.41, 5.74) is 6.38.